The Morgan fingerprint density at radius 1 is 1.35 bits per heavy atom. The second-order valence-corrected chi connectivity index (χ2v) is 5.24. The highest BCUT2D eigenvalue weighted by Crippen LogP contribution is 2.18. The number of benzene rings is 1. The van der Waals surface area contributed by atoms with E-state index in [0.29, 0.717) is 6.10 Å². The third-order valence-corrected chi connectivity index (χ3v) is 3.55. The van der Waals surface area contributed by atoms with Gasteiger partial charge < -0.3 is 10.5 Å². The van der Waals surface area contributed by atoms with Crippen LogP contribution in [-0.4, -0.2) is 18.8 Å². The first kappa shape index (κ1) is 12.9. The Labute approximate surface area is 108 Å². The average molecular weight is 254 g/mol. The van der Waals surface area contributed by atoms with Gasteiger partial charge in [-0.05, 0) is 49.8 Å². The summed E-state index contributed by atoms with van der Waals surface area (Å²) in [6, 6.07) is 8.16. The molecule has 0 aromatic heterocycles. The molecule has 1 aromatic rings. The summed E-state index contributed by atoms with van der Waals surface area (Å²) in [4.78, 5) is 0. The monoisotopic (exact) mass is 253 g/mol. The zero-order valence-electron chi connectivity index (χ0n) is 10.1. The maximum Gasteiger partial charge on any atom is 0.0576 e. The van der Waals surface area contributed by atoms with Crippen molar-refractivity contribution in [3.63, 3.8) is 0 Å². The van der Waals surface area contributed by atoms with Gasteiger partial charge in [0.05, 0.1) is 6.10 Å². The SMILES string of the molecule is NC(CCC1CCCO1)Cc1ccc(Cl)cc1. The van der Waals surface area contributed by atoms with Crippen molar-refractivity contribution in [1.82, 2.24) is 0 Å². The number of hydrogen-bond donors (Lipinski definition) is 1. The van der Waals surface area contributed by atoms with Crippen LogP contribution < -0.4 is 5.73 Å². The largest absolute Gasteiger partial charge is 0.378 e. The maximum atomic E-state index is 6.13. The number of ether oxygens (including phenoxy) is 1. The second-order valence-electron chi connectivity index (χ2n) is 4.80. The highest BCUT2D eigenvalue weighted by Gasteiger charge is 2.16. The number of rotatable bonds is 5. The predicted octanol–water partition coefficient (Wildman–Crippen LogP) is 3.17. The summed E-state index contributed by atoms with van der Waals surface area (Å²) in [6.07, 6.45) is 5.91. The molecular weight excluding hydrogens is 234 g/mol. The Morgan fingerprint density at radius 3 is 2.76 bits per heavy atom. The highest BCUT2D eigenvalue weighted by molar-refractivity contribution is 6.30. The summed E-state index contributed by atoms with van der Waals surface area (Å²) in [6.45, 7) is 0.928. The van der Waals surface area contributed by atoms with Crippen molar-refractivity contribution in [2.24, 2.45) is 5.73 Å². The molecule has 0 radical (unpaired) electrons. The first-order valence-corrected chi connectivity index (χ1v) is 6.73. The van der Waals surface area contributed by atoms with Crippen LogP contribution in [0, 0.1) is 0 Å². The lowest BCUT2D eigenvalue weighted by Gasteiger charge is -2.14. The van der Waals surface area contributed by atoms with E-state index in [9.17, 15) is 0 Å². The highest BCUT2D eigenvalue weighted by atomic mass is 35.5. The number of hydrogen-bond acceptors (Lipinski definition) is 2. The van der Waals surface area contributed by atoms with Gasteiger partial charge in [0, 0.05) is 17.7 Å². The second kappa shape index (κ2) is 6.39. The van der Waals surface area contributed by atoms with Crippen LogP contribution in [0.2, 0.25) is 5.02 Å². The van der Waals surface area contributed by atoms with E-state index < -0.39 is 0 Å². The average Bonchev–Trinajstić information content (AvgIpc) is 2.83. The van der Waals surface area contributed by atoms with Gasteiger partial charge >= 0.3 is 0 Å². The molecule has 1 aliphatic heterocycles. The van der Waals surface area contributed by atoms with Crippen molar-refractivity contribution in [1.29, 1.82) is 0 Å². The molecule has 0 saturated carbocycles. The zero-order chi connectivity index (χ0) is 12.1. The van der Waals surface area contributed by atoms with E-state index in [1.54, 1.807) is 0 Å². The molecule has 0 amide bonds. The Bertz CT molecular complexity index is 333. The molecule has 2 atom stereocenters. The van der Waals surface area contributed by atoms with Crippen LogP contribution in [0.4, 0.5) is 0 Å². The van der Waals surface area contributed by atoms with Crippen LogP contribution >= 0.6 is 11.6 Å². The molecule has 0 aliphatic carbocycles. The van der Waals surface area contributed by atoms with Crippen LogP contribution in [0.5, 0.6) is 0 Å². The van der Waals surface area contributed by atoms with Crippen LogP contribution in [-0.2, 0) is 11.2 Å². The summed E-state index contributed by atoms with van der Waals surface area (Å²) in [7, 11) is 0. The lowest BCUT2D eigenvalue weighted by atomic mass is 10.0. The lowest BCUT2D eigenvalue weighted by Crippen LogP contribution is -2.24. The maximum absolute atomic E-state index is 6.13. The molecule has 1 saturated heterocycles. The molecule has 3 heteroatoms. The lowest BCUT2D eigenvalue weighted by molar-refractivity contribution is 0.101. The van der Waals surface area contributed by atoms with E-state index in [2.05, 4.69) is 0 Å². The van der Waals surface area contributed by atoms with E-state index in [0.717, 1.165) is 30.9 Å². The van der Waals surface area contributed by atoms with Crippen molar-refractivity contribution < 1.29 is 4.74 Å². The predicted molar refractivity (Wildman–Crippen MR) is 71.3 cm³/mol. The summed E-state index contributed by atoms with van der Waals surface area (Å²) in [5.41, 5.74) is 7.39. The number of nitrogens with two attached hydrogens (primary N) is 1. The van der Waals surface area contributed by atoms with Gasteiger partial charge in [-0.3, -0.25) is 0 Å². The van der Waals surface area contributed by atoms with Crippen molar-refractivity contribution >= 4 is 11.6 Å². The Kier molecular flexibility index (Phi) is 4.84. The molecule has 0 spiro atoms. The molecule has 1 fully saturated rings. The molecule has 17 heavy (non-hydrogen) atoms. The molecule has 2 nitrogen and oxygen atoms in total. The minimum absolute atomic E-state index is 0.223. The molecule has 1 aromatic carbocycles. The Morgan fingerprint density at radius 2 is 2.12 bits per heavy atom. The van der Waals surface area contributed by atoms with Gasteiger partial charge in [-0.25, -0.2) is 0 Å². The van der Waals surface area contributed by atoms with Gasteiger partial charge in [0.1, 0.15) is 0 Å². The molecule has 1 aliphatic rings. The smallest absolute Gasteiger partial charge is 0.0576 e. The van der Waals surface area contributed by atoms with Gasteiger partial charge in [0.15, 0.2) is 0 Å². The van der Waals surface area contributed by atoms with Crippen molar-refractivity contribution in [3.05, 3.63) is 34.9 Å². The van der Waals surface area contributed by atoms with Crippen molar-refractivity contribution in [2.45, 2.75) is 44.2 Å². The van der Waals surface area contributed by atoms with Crippen LogP contribution in [0.1, 0.15) is 31.2 Å². The number of halogens is 1. The normalized spacial score (nSPS) is 21.6. The fraction of sp³-hybridized carbons (Fsp3) is 0.571. The standard InChI is InChI=1S/C14H20ClNO/c15-12-5-3-11(4-6-12)10-13(16)7-8-14-2-1-9-17-14/h3-6,13-14H,1-2,7-10,16H2. The molecule has 1 heterocycles. The van der Waals surface area contributed by atoms with Gasteiger partial charge in [-0.15, -0.1) is 0 Å². The van der Waals surface area contributed by atoms with E-state index in [-0.39, 0.29) is 6.04 Å². The van der Waals surface area contributed by atoms with Gasteiger partial charge in [-0.2, -0.15) is 0 Å². The van der Waals surface area contributed by atoms with E-state index in [1.165, 1.54) is 18.4 Å². The fourth-order valence-corrected chi connectivity index (χ4v) is 2.42. The van der Waals surface area contributed by atoms with E-state index in [4.69, 9.17) is 22.1 Å². The van der Waals surface area contributed by atoms with Crippen LogP contribution in [0.3, 0.4) is 0 Å². The Hall–Kier alpha value is -0.570. The summed E-state index contributed by atoms with van der Waals surface area (Å²) in [5.74, 6) is 0. The Balaban J connectivity index is 1.72. The van der Waals surface area contributed by atoms with Gasteiger partial charge in [0.2, 0.25) is 0 Å². The molecule has 2 N–H and O–H groups in total. The van der Waals surface area contributed by atoms with Crippen LogP contribution in [0.25, 0.3) is 0 Å². The summed E-state index contributed by atoms with van der Waals surface area (Å²) < 4.78 is 5.60. The minimum atomic E-state index is 0.223. The molecule has 94 valence electrons. The third-order valence-electron chi connectivity index (χ3n) is 3.29. The molecule has 0 bridgehead atoms. The molecule has 2 rings (SSSR count). The fourth-order valence-electron chi connectivity index (χ4n) is 2.30. The van der Waals surface area contributed by atoms with Crippen molar-refractivity contribution in [3.8, 4) is 0 Å². The molecular formula is C14H20ClNO. The van der Waals surface area contributed by atoms with Crippen LogP contribution in [0.15, 0.2) is 24.3 Å². The van der Waals surface area contributed by atoms with Crippen molar-refractivity contribution in [2.75, 3.05) is 6.61 Å². The first-order chi connectivity index (χ1) is 8.24. The minimum Gasteiger partial charge on any atom is -0.378 e. The first-order valence-electron chi connectivity index (χ1n) is 6.35. The summed E-state index contributed by atoms with van der Waals surface area (Å²) >= 11 is 5.85. The van der Waals surface area contributed by atoms with E-state index in [1.807, 2.05) is 24.3 Å². The van der Waals surface area contributed by atoms with Gasteiger partial charge in [-0.1, -0.05) is 23.7 Å². The summed E-state index contributed by atoms with van der Waals surface area (Å²) in [5, 5.41) is 0.779. The van der Waals surface area contributed by atoms with E-state index >= 15 is 0 Å². The quantitative estimate of drug-likeness (QED) is 0.875. The zero-order valence-corrected chi connectivity index (χ0v) is 10.8. The topological polar surface area (TPSA) is 35.2 Å². The molecule has 2 unspecified atom stereocenters. The van der Waals surface area contributed by atoms with Gasteiger partial charge in [0.25, 0.3) is 0 Å². The third kappa shape index (κ3) is 4.30.